The number of allylic oxidation sites excluding steroid dienone is 2. The summed E-state index contributed by atoms with van der Waals surface area (Å²) in [6, 6.07) is 0. The molecule has 0 fully saturated rings. The van der Waals surface area contributed by atoms with Crippen molar-refractivity contribution in [1.82, 2.24) is 0 Å². The van der Waals surface area contributed by atoms with Gasteiger partial charge < -0.3 is 33.6 Å². The number of ether oxygens (including phenoxy) is 2. The minimum absolute atomic E-state index is 0. The molecule has 302 valence electrons. The van der Waals surface area contributed by atoms with Gasteiger partial charge in [-0.2, -0.15) is 0 Å². The van der Waals surface area contributed by atoms with E-state index in [2.05, 4.69) is 28.1 Å². The summed E-state index contributed by atoms with van der Waals surface area (Å²) in [6.07, 6.45) is -55.5. The maximum atomic E-state index is 13.3. The van der Waals surface area contributed by atoms with Crippen molar-refractivity contribution < 1.29 is 118 Å². The second-order valence-electron chi connectivity index (χ2n) is 10.7. The van der Waals surface area contributed by atoms with E-state index in [4.69, 9.17) is 55.7 Å². The van der Waals surface area contributed by atoms with Crippen LogP contribution >= 0.6 is 7.82 Å². The first-order valence-corrected chi connectivity index (χ1v) is 18.4. The van der Waals surface area contributed by atoms with Crippen LogP contribution in [0.25, 0.3) is 0 Å². The molecule has 0 saturated heterocycles. The van der Waals surface area contributed by atoms with E-state index in [-0.39, 0.29) is 42.4 Å². The molecule has 10 nitrogen and oxygen atoms in total. The standard InChI is InChI=1S/C40H77O10P.Na/c1-3-5-7-9-11-13-15-17-18-20-22-24-26-28-30-32-40(44)50-38(36-49-51(45,46)48-34-37(42)33-41)35-47-39(43)31-29-27-25-23-21-19-16-14-12-10-8-6-4-2;/h17-18,37-38,41-42H,3-16,19-36H2,1-2H3,(H,45,46);/q;+1/p-1/b18-17-;/t37?,38-;/m1./s1/i2D3,4D2,6D2,8D2,10D2,12D2,14D2,16D2,19D2,21D2,23D2,25D2,27D2,29D2,31D;/t31?,37?,38-;. The molecule has 2 N–H and O–H groups in total. The largest absolute Gasteiger partial charge is 1.00 e. The third-order valence-corrected chi connectivity index (χ3v) is 7.29. The van der Waals surface area contributed by atoms with Crippen molar-refractivity contribution in [3.05, 3.63) is 12.2 Å². The molecule has 0 aromatic rings. The molecule has 0 heterocycles. The average molecular weight is 801 g/mol. The molecular weight excluding hydrogens is 694 g/mol. The van der Waals surface area contributed by atoms with Gasteiger partial charge >= 0.3 is 41.5 Å². The van der Waals surface area contributed by atoms with Crippen molar-refractivity contribution in [3.63, 3.8) is 0 Å². The van der Waals surface area contributed by atoms with Gasteiger partial charge in [0.1, 0.15) is 12.7 Å². The van der Waals surface area contributed by atoms with Crippen LogP contribution in [0.3, 0.4) is 0 Å². The second-order valence-corrected chi connectivity index (χ2v) is 12.2. The van der Waals surface area contributed by atoms with Crippen LogP contribution < -0.4 is 34.5 Å². The Labute approximate surface area is 382 Å². The number of rotatable bonds is 39. The van der Waals surface area contributed by atoms with E-state index in [0.29, 0.717) is 12.8 Å². The molecule has 4 atom stereocenters. The summed E-state index contributed by atoms with van der Waals surface area (Å²) in [7, 11) is -5.42. The SMILES string of the molecule is [2H]C(C(=O)OC[C@H](COP(=O)([O-])OCC(O)CO)OC(=O)CCCCCCC/C=C\CCCCCCCC)C([2H])([2H])C([2H])([2H])C([2H])([2H])C([2H])([2H])C([2H])([2H])C([2H])([2H])C([2H])([2H])C([2H])([2H])C([2H])([2H])C([2H])([2H])C([2H])([2H])C([2H])([2H])C([2H])([2H])C([2H])([2H])[2H].[Na+]. The van der Waals surface area contributed by atoms with Gasteiger partial charge in [0, 0.05) is 53.9 Å². The van der Waals surface area contributed by atoms with Crippen LogP contribution in [0.15, 0.2) is 12.2 Å². The second kappa shape index (κ2) is 40.4. The van der Waals surface area contributed by atoms with Crippen molar-refractivity contribution in [2.24, 2.45) is 0 Å². The number of hydrogen-bond acceptors (Lipinski definition) is 10. The molecule has 0 saturated carbocycles. The summed E-state index contributed by atoms with van der Waals surface area (Å²) in [5.41, 5.74) is 0. The molecule has 0 bridgehead atoms. The van der Waals surface area contributed by atoms with Crippen LogP contribution in [-0.4, -0.2) is 60.8 Å². The number of aliphatic hydroxyl groups excluding tert-OH is 2. The Bertz CT molecular complexity index is 2080. The minimum atomic E-state index is -5.42. The molecule has 0 aromatic carbocycles. The maximum Gasteiger partial charge on any atom is 1.00 e. The molecule has 0 aromatic heterocycles. The van der Waals surface area contributed by atoms with Crippen molar-refractivity contribution in [2.75, 3.05) is 26.4 Å². The van der Waals surface area contributed by atoms with Gasteiger partial charge in [-0.25, -0.2) is 0 Å². The number of aliphatic hydroxyl groups is 2. The molecule has 0 aliphatic rings. The molecule has 0 amide bonds. The zero-order valence-electron chi connectivity index (χ0n) is 60.2. The molecule has 12 heteroatoms. The normalized spacial score (nSPS) is 26.8. The van der Waals surface area contributed by atoms with Gasteiger partial charge in [0.25, 0.3) is 7.82 Å². The van der Waals surface area contributed by atoms with Crippen LogP contribution in [-0.2, 0) is 32.7 Å². The summed E-state index contributed by atoms with van der Waals surface area (Å²) in [5.74, 6) is -3.25. The van der Waals surface area contributed by atoms with Gasteiger partial charge in [-0.15, -0.1) is 0 Å². The van der Waals surface area contributed by atoms with Crippen LogP contribution in [0.4, 0.5) is 0 Å². The smallest absolute Gasteiger partial charge is 0.756 e. The van der Waals surface area contributed by atoms with E-state index in [0.717, 1.165) is 32.1 Å². The number of carbonyl (C=O) groups is 2. The molecule has 0 spiro atoms. The molecular formula is C40H76NaO10P. The van der Waals surface area contributed by atoms with Gasteiger partial charge in [0.2, 0.25) is 0 Å². The van der Waals surface area contributed by atoms with Crippen molar-refractivity contribution in [2.45, 2.75) is 205 Å². The van der Waals surface area contributed by atoms with E-state index >= 15 is 0 Å². The van der Waals surface area contributed by atoms with Gasteiger partial charge in [-0.1, -0.05) is 154 Å². The molecule has 3 unspecified atom stereocenters. The van der Waals surface area contributed by atoms with Gasteiger partial charge in [-0.3, -0.25) is 14.2 Å². The first-order valence-electron chi connectivity index (χ1n) is 32.0. The fourth-order valence-corrected chi connectivity index (χ4v) is 4.58. The minimum Gasteiger partial charge on any atom is -0.756 e. The Hall–Kier alpha value is -0.290. The molecule has 0 aliphatic heterocycles. The Morgan fingerprint density at radius 3 is 1.79 bits per heavy atom. The van der Waals surface area contributed by atoms with E-state index in [1.807, 2.05) is 0 Å². The van der Waals surface area contributed by atoms with E-state index in [1.165, 1.54) is 32.1 Å². The van der Waals surface area contributed by atoms with Crippen molar-refractivity contribution in [3.8, 4) is 0 Å². The van der Waals surface area contributed by atoms with Gasteiger partial charge in [-0.05, 0) is 38.5 Å². The first kappa shape index (κ1) is 20.9. The fraction of sp³-hybridized carbons (Fsp3) is 0.900. The summed E-state index contributed by atoms with van der Waals surface area (Å²) in [6.45, 7) is -6.58. The zero-order chi connectivity index (χ0) is 64.4. The van der Waals surface area contributed by atoms with Crippen LogP contribution in [0.5, 0.6) is 0 Å². The summed E-state index contributed by atoms with van der Waals surface area (Å²) in [5, 5.41) is 18.4. The van der Waals surface area contributed by atoms with Crippen molar-refractivity contribution >= 4 is 19.8 Å². The Morgan fingerprint density at radius 1 is 0.731 bits per heavy atom. The third kappa shape index (κ3) is 39.4. The van der Waals surface area contributed by atoms with E-state index in [1.54, 1.807) is 0 Å². The number of carbonyl (C=O) groups excluding carboxylic acids is 2. The third-order valence-electron chi connectivity index (χ3n) is 6.36. The number of hydrogen-bond donors (Lipinski definition) is 2. The van der Waals surface area contributed by atoms with Crippen LogP contribution in [0.2, 0.25) is 0 Å². The monoisotopic (exact) mass is 801 g/mol. The quantitative estimate of drug-likeness (QED) is 0.0223. The van der Waals surface area contributed by atoms with Gasteiger partial charge in [0.05, 0.1) is 19.8 Å². The molecule has 52 heavy (non-hydrogen) atoms. The predicted octanol–water partition coefficient (Wildman–Crippen LogP) is 6.82. The molecule has 0 aliphatic carbocycles. The fourth-order valence-electron chi connectivity index (χ4n) is 3.80. The molecule has 0 radical (unpaired) electrons. The summed E-state index contributed by atoms with van der Waals surface area (Å²) in [4.78, 5) is 38.5. The van der Waals surface area contributed by atoms with E-state index < -0.39 is 154 Å². The Balaban J connectivity index is 0. The van der Waals surface area contributed by atoms with Gasteiger partial charge in [0.15, 0.2) is 6.10 Å². The number of unbranched alkanes of at least 4 members (excludes halogenated alkanes) is 11. The van der Waals surface area contributed by atoms with E-state index in [9.17, 15) is 24.2 Å². The Morgan fingerprint density at radius 2 is 1.23 bits per heavy atom. The predicted molar refractivity (Wildman–Crippen MR) is 203 cm³/mol. The average Bonchev–Trinajstić information content (AvgIpc) is 3.33. The van der Waals surface area contributed by atoms with Crippen LogP contribution in [0, 0.1) is 0 Å². The number of phosphoric acid groups is 1. The van der Waals surface area contributed by atoms with Crippen LogP contribution in [0.1, 0.15) is 234 Å². The van der Waals surface area contributed by atoms with Crippen molar-refractivity contribution in [1.29, 1.82) is 0 Å². The number of esters is 2. The first-order chi connectivity index (χ1) is 36.1. The summed E-state index contributed by atoms with van der Waals surface area (Å²) >= 11 is 0. The zero-order valence-corrected chi connectivity index (χ0v) is 33.1. The summed E-state index contributed by atoms with van der Waals surface area (Å²) < 4.78 is 277. The maximum absolute atomic E-state index is 13.3. The number of phosphoric ester groups is 1. The topological polar surface area (TPSA) is 152 Å². The molecule has 0 rings (SSSR count). The Kier molecular flexibility index (Phi) is 16.2.